The van der Waals surface area contributed by atoms with Gasteiger partial charge in [0.05, 0.1) is 6.04 Å². The fourth-order valence-electron chi connectivity index (χ4n) is 1.83. The van der Waals surface area contributed by atoms with E-state index in [1.165, 1.54) is 0 Å². The van der Waals surface area contributed by atoms with Crippen LogP contribution in [0, 0.1) is 0 Å². The molecular weight excluding hydrogens is 198 g/mol. The zero-order chi connectivity index (χ0) is 9.80. The minimum atomic E-state index is 0.0369. The molecule has 5 heteroatoms. The second-order valence-electron chi connectivity index (χ2n) is 3.80. The third-order valence-electron chi connectivity index (χ3n) is 2.72. The maximum atomic E-state index is 11.7. The van der Waals surface area contributed by atoms with Gasteiger partial charge in [-0.3, -0.25) is 10.1 Å². The summed E-state index contributed by atoms with van der Waals surface area (Å²) in [4.78, 5) is 11.7. The maximum Gasteiger partial charge on any atom is 0.238 e. The number of carbonyl (C=O) groups excluding carboxylic acids is 1. The smallest absolute Gasteiger partial charge is 0.238 e. The van der Waals surface area contributed by atoms with Gasteiger partial charge < -0.3 is 10.6 Å². The molecule has 1 atom stereocenters. The first-order valence-electron chi connectivity index (χ1n) is 5.18. The quantitative estimate of drug-likeness (QED) is 0.582. The molecule has 2 aliphatic rings. The van der Waals surface area contributed by atoms with E-state index in [-0.39, 0.29) is 11.9 Å². The Morgan fingerprint density at radius 3 is 2.79 bits per heavy atom. The van der Waals surface area contributed by atoms with Crippen molar-refractivity contribution in [1.82, 2.24) is 16.0 Å². The lowest BCUT2D eigenvalue weighted by Gasteiger charge is -2.24. The minimum absolute atomic E-state index is 0.0369. The summed E-state index contributed by atoms with van der Waals surface area (Å²) in [5.74, 6) is 2.00. The van der Waals surface area contributed by atoms with Gasteiger partial charge in [-0.1, -0.05) is 0 Å². The Balaban J connectivity index is 1.75. The van der Waals surface area contributed by atoms with Crippen molar-refractivity contribution in [3.63, 3.8) is 0 Å². The van der Waals surface area contributed by atoms with Crippen LogP contribution in [0.2, 0.25) is 0 Å². The van der Waals surface area contributed by atoms with Crippen LogP contribution >= 0.6 is 11.8 Å². The Morgan fingerprint density at radius 2 is 2.14 bits per heavy atom. The first-order chi connectivity index (χ1) is 6.86. The van der Waals surface area contributed by atoms with E-state index in [1.807, 2.05) is 0 Å². The van der Waals surface area contributed by atoms with Crippen molar-refractivity contribution in [2.45, 2.75) is 24.9 Å². The van der Waals surface area contributed by atoms with Crippen LogP contribution < -0.4 is 16.0 Å². The summed E-state index contributed by atoms with van der Waals surface area (Å²) in [6, 6.07) is 0.422. The molecule has 1 amide bonds. The normalized spacial score (nSPS) is 29.0. The molecule has 0 aromatic carbocycles. The molecule has 0 spiro atoms. The molecule has 2 rings (SSSR count). The maximum absolute atomic E-state index is 11.7. The van der Waals surface area contributed by atoms with Crippen LogP contribution in [0.1, 0.15) is 12.8 Å². The fourth-order valence-corrected chi connectivity index (χ4v) is 2.77. The molecule has 4 nitrogen and oxygen atoms in total. The van der Waals surface area contributed by atoms with Crippen LogP contribution in [0.25, 0.3) is 0 Å². The summed E-state index contributed by atoms with van der Waals surface area (Å²) in [7, 11) is 0. The summed E-state index contributed by atoms with van der Waals surface area (Å²) in [5.41, 5.74) is 0. The van der Waals surface area contributed by atoms with Gasteiger partial charge in [0.1, 0.15) is 0 Å². The molecule has 3 N–H and O–H groups in total. The number of amides is 1. The molecule has 80 valence electrons. The van der Waals surface area contributed by atoms with Crippen molar-refractivity contribution in [2.24, 2.45) is 0 Å². The molecule has 0 aromatic heterocycles. The fraction of sp³-hybridized carbons (Fsp3) is 0.889. The Kier molecular flexibility index (Phi) is 3.67. The van der Waals surface area contributed by atoms with E-state index in [2.05, 4.69) is 16.0 Å². The second kappa shape index (κ2) is 5.00. The average Bonchev–Trinajstić information content (AvgIpc) is 2.72. The Morgan fingerprint density at radius 1 is 1.36 bits per heavy atom. The van der Waals surface area contributed by atoms with Gasteiger partial charge in [0.25, 0.3) is 0 Å². The predicted octanol–water partition coefficient (Wildman–Crippen LogP) is -0.483. The molecule has 2 aliphatic heterocycles. The SMILES string of the molecule is O=C(NC1CCNCC1)C1CSCN1. The van der Waals surface area contributed by atoms with Gasteiger partial charge in [0.15, 0.2) is 0 Å². The van der Waals surface area contributed by atoms with E-state index < -0.39 is 0 Å². The predicted molar refractivity (Wildman–Crippen MR) is 58.3 cm³/mol. The lowest BCUT2D eigenvalue weighted by atomic mass is 10.1. The van der Waals surface area contributed by atoms with Crippen LogP contribution in [0.15, 0.2) is 0 Å². The molecule has 2 fully saturated rings. The third kappa shape index (κ3) is 2.62. The van der Waals surface area contributed by atoms with Crippen molar-refractivity contribution in [3.8, 4) is 0 Å². The largest absolute Gasteiger partial charge is 0.352 e. The van der Waals surface area contributed by atoms with Crippen LogP contribution in [-0.2, 0) is 4.79 Å². The molecule has 0 radical (unpaired) electrons. The number of piperidine rings is 1. The van der Waals surface area contributed by atoms with Gasteiger partial charge in [-0.15, -0.1) is 11.8 Å². The van der Waals surface area contributed by atoms with E-state index >= 15 is 0 Å². The number of nitrogens with one attached hydrogen (secondary N) is 3. The lowest BCUT2D eigenvalue weighted by molar-refractivity contribution is -0.123. The van der Waals surface area contributed by atoms with E-state index in [0.29, 0.717) is 6.04 Å². The van der Waals surface area contributed by atoms with Crippen molar-refractivity contribution in [1.29, 1.82) is 0 Å². The molecule has 2 saturated heterocycles. The highest BCUT2D eigenvalue weighted by atomic mass is 32.2. The van der Waals surface area contributed by atoms with Gasteiger partial charge in [-0.25, -0.2) is 0 Å². The highest BCUT2D eigenvalue weighted by molar-refractivity contribution is 7.99. The Hall–Kier alpha value is -0.260. The van der Waals surface area contributed by atoms with Crippen LogP contribution in [0.3, 0.4) is 0 Å². The molecule has 2 heterocycles. The average molecular weight is 215 g/mol. The minimum Gasteiger partial charge on any atom is -0.352 e. The summed E-state index contributed by atoms with van der Waals surface area (Å²) in [6.07, 6.45) is 2.12. The highest BCUT2D eigenvalue weighted by Gasteiger charge is 2.24. The number of hydrogen-bond donors (Lipinski definition) is 3. The monoisotopic (exact) mass is 215 g/mol. The van der Waals surface area contributed by atoms with E-state index in [9.17, 15) is 4.79 Å². The van der Waals surface area contributed by atoms with Gasteiger partial charge in [-0.05, 0) is 25.9 Å². The van der Waals surface area contributed by atoms with Crippen LogP contribution in [-0.4, -0.2) is 42.7 Å². The van der Waals surface area contributed by atoms with Crippen molar-refractivity contribution >= 4 is 17.7 Å². The van der Waals surface area contributed by atoms with Gasteiger partial charge in [-0.2, -0.15) is 0 Å². The summed E-state index contributed by atoms with van der Waals surface area (Å²) in [5, 5.41) is 9.57. The first kappa shape index (κ1) is 10.3. The molecule has 0 aliphatic carbocycles. The molecular formula is C9H17N3OS. The van der Waals surface area contributed by atoms with Crippen LogP contribution in [0.4, 0.5) is 0 Å². The Labute approximate surface area is 88.6 Å². The molecule has 1 unspecified atom stereocenters. The standard InChI is InChI=1S/C9H17N3OS/c13-9(8-5-14-6-11-8)12-7-1-3-10-4-2-7/h7-8,10-11H,1-6H2,(H,12,13). The first-order valence-corrected chi connectivity index (χ1v) is 6.34. The number of carbonyl (C=O) groups is 1. The zero-order valence-corrected chi connectivity index (χ0v) is 9.03. The van der Waals surface area contributed by atoms with E-state index in [4.69, 9.17) is 0 Å². The highest BCUT2D eigenvalue weighted by Crippen LogP contribution is 2.10. The van der Waals surface area contributed by atoms with Gasteiger partial charge in [0.2, 0.25) is 5.91 Å². The number of rotatable bonds is 2. The van der Waals surface area contributed by atoms with E-state index in [1.54, 1.807) is 11.8 Å². The molecule has 14 heavy (non-hydrogen) atoms. The van der Waals surface area contributed by atoms with Crippen LogP contribution in [0.5, 0.6) is 0 Å². The number of hydrogen-bond acceptors (Lipinski definition) is 4. The topological polar surface area (TPSA) is 53.2 Å². The summed E-state index contributed by atoms with van der Waals surface area (Å²) < 4.78 is 0. The molecule has 0 saturated carbocycles. The zero-order valence-electron chi connectivity index (χ0n) is 8.21. The summed E-state index contributed by atoms with van der Waals surface area (Å²) >= 11 is 1.79. The van der Waals surface area contributed by atoms with Gasteiger partial charge >= 0.3 is 0 Å². The molecule has 0 bridgehead atoms. The van der Waals surface area contributed by atoms with Crippen molar-refractivity contribution < 1.29 is 4.79 Å². The van der Waals surface area contributed by atoms with Gasteiger partial charge in [0, 0.05) is 17.7 Å². The second-order valence-corrected chi connectivity index (χ2v) is 4.83. The van der Waals surface area contributed by atoms with E-state index in [0.717, 1.165) is 37.6 Å². The lowest BCUT2D eigenvalue weighted by Crippen LogP contribution is -2.49. The molecule has 0 aromatic rings. The van der Waals surface area contributed by atoms with Crippen molar-refractivity contribution in [3.05, 3.63) is 0 Å². The van der Waals surface area contributed by atoms with Crippen molar-refractivity contribution in [2.75, 3.05) is 24.7 Å². The Bertz CT molecular complexity index is 200. The summed E-state index contributed by atoms with van der Waals surface area (Å²) in [6.45, 7) is 2.05. The third-order valence-corrected chi connectivity index (χ3v) is 3.66. The number of thioether (sulfide) groups is 1.